The van der Waals surface area contributed by atoms with Crippen molar-refractivity contribution in [3.05, 3.63) is 35.9 Å². The Bertz CT molecular complexity index is 330. The van der Waals surface area contributed by atoms with Gasteiger partial charge in [-0.2, -0.15) is 0 Å². The summed E-state index contributed by atoms with van der Waals surface area (Å²) in [6, 6.07) is 10.8. The molecule has 1 saturated carbocycles. The standard InChI is InChI=1S/C15H24N2/c1-3-17(11-14-7-5-4-6-8-14)13-15(9-10-15)12-16-2/h4-8,16H,3,9-13H2,1-2H3. The zero-order chi connectivity index (χ0) is 12.1. The Hall–Kier alpha value is -0.860. The highest BCUT2D eigenvalue weighted by Gasteiger charge is 2.42. The lowest BCUT2D eigenvalue weighted by Gasteiger charge is -2.26. The van der Waals surface area contributed by atoms with Crippen LogP contribution in [0.3, 0.4) is 0 Å². The molecule has 1 aromatic rings. The number of hydrogen-bond acceptors (Lipinski definition) is 2. The highest BCUT2D eigenvalue weighted by Crippen LogP contribution is 2.45. The van der Waals surface area contributed by atoms with E-state index in [0.717, 1.165) is 19.6 Å². The van der Waals surface area contributed by atoms with Crippen LogP contribution in [0.4, 0.5) is 0 Å². The lowest BCUT2D eigenvalue weighted by atomic mass is 10.1. The molecule has 0 atom stereocenters. The van der Waals surface area contributed by atoms with E-state index in [1.165, 1.54) is 24.9 Å². The van der Waals surface area contributed by atoms with Crippen LogP contribution in [0.2, 0.25) is 0 Å². The van der Waals surface area contributed by atoms with Crippen molar-refractivity contribution in [3.63, 3.8) is 0 Å². The van der Waals surface area contributed by atoms with Gasteiger partial charge < -0.3 is 5.32 Å². The van der Waals surface area contributed by atoms with Gasteiger partial charge in [0.2, 0.25) is 0 Å². The molecule has 0 radical (unpaired) electrons. The third-order valence-corrected chi connectivity index (χ3v) is 3.76. The molecule has 0 spiro atoms. The van der Waals surface area contributed by atoms with Gasteiger partial charge in [0.1, 0.15) is 0 Å². The molecule has 0 aromatic heterocycles. The Morgan fingerprint density at radius 1 is 1.24 bits per heavy atom. The smallest absolute Gasteiger partial charge is 0.0233 e. The van der Waals surface area contributed by atoms with Crippen molar-refractivity contribution in [3.8, 4) is 0 Å². The Morgan fingerprint density at radius 3 is 2.47 bits per heavy atom. The molecule has 0 unspecified atom stereocenters. The predicted molar refractivity (Wildman–Crippen MR) is 73.0 cm³/mol. The summed E-state index contributed by atoms with van der Waals surface area (Å²) in [5, 5.41) is 3.34. The first-order chi connectivity index (χ1) is 8.28. The molecule has 1 N–H and O–H groups in total. The maximum absolute atomic E-state index is 3.34. The number of benzene rings is 1. The first-order valence-electron chi connectivity index (χ1n) is 6.69. The minimum Gasteiger partial charge on any atom is -0.319 e. The van der Waals surface area contributed by atoms with Crippen molar-refractivity contribution >= 4 is 0 Å². The third-order valence-electron chi connectivity index (χ3n) is 3.76. The summed E-state index contributed by atoms with van der Waals surface area (Å²) < 4.78 is 0. The second-order valence-electron chi connectivity index (χ2n) is 5.32. The topological polar surface area (TPSA) is 15.3 Å². The van der Waals surface area contributed by atoms with Crippen LogP contribution in [0, 0.1) is 5.41 Å². The van der Waals surface area contributed by atoms with E-state index in [4.69, 9.17) is 0 Å². The quantitative estimate of drug-likeness (QED) is 0.777. The van der Waals surface area contributed by atoms with E-state index >= 15 is 0 Å². The maximum atomic E-state index is 3.34. The average molecular weight is 232 g/mol. The zero-order valence-corrected chi connectivity index (χ0v) is 11.1. The third kappa shape index (κ3) is 3.55. The maximum Gasteiger partial charge on any atom is 0.0233 e. The van der Waals surface area contributed by atoms with Gasteiger partial charge in [0, 0.05) is 19.6 Å². The van der Waals surface area contributed by atoms with Crippen molar-refractivity contribution in [1.82, 2.24) is 10.2 Å². The van der Waals surface area contributed by atoms with Crippen molar-refractivity contribution in [2.45, 2.75) is 26.3 Å². The first kappa shape index (κ1) is 12.6. The molecule has 1 fully saturated rings. The molecular weight excluding hydrogens is 208 g/mol. The van der Waals surface area contributed by atoms with E-state index < -0.39 is 0 Å². The Balaban J connectivity index is 1.89. The van der Waals surface area contributed by atoms with Crippen LogP contribution in [0.25, 0.3) is 0 Å². The molecule has 17 heavy (non-hydrogen) atoms. The van der Waals surface area contributed by atoms with Crippen LogP contribution in [0.1, 0.15) is 25.3 Å². The van der Waals surface area contributed by atoms with Gasteiger partial charge in [-0.3, -0.25) is 4.90 Å². The lowest BCUT2D eigenvalue weighted by molar-refractivity contribution is 0.219. The molecule has 0 saturated heterocycles. The molecule has 1 aliphatic rings. The fourth-order valence-electron chi connectivity index (χ4n) is 2.54. The normalized spacial score (nSPS) is 17.4. The van der Waals surface area contributed by atoms with Crippen LogP contribution < -0.4 is 5.32 Å². The van der Waals surface area contributed by atoms with Crippen LogP contribution in [-0.2, 0) is 6.54 Å². The summed E-state index contributed by atoms with van der Waals surface area (Å²) >= 11 is 0. The van der Waals surface area contributed by atoms with Gasteiger partial charge in [0.15, 0.2) is 0 Å². The van der Waals surface area contributed by atoms with Crippen molar-refractivity contribution in [2.75, 3.05) is 26.7 Å². The van der Waals surface area contributed by atoms with Gasteiger partial charge in [0.05, 0.1) is 0 Å². The van der Waals surface area contributed by atoms with Gasteiger partial charge in [0.25, 0.3) is 0 Å². The van der Waals surface area contributed by atoms with E-state index in [9.17, 15) is 0 Å². The summed E-state index contributed by atoms with van der Waals surface area (Å²) in [6.07, 6.45) is 2.78. The predicted octanol–water partition coefficient (Wildman–Crippen LogP) is 2.51. The van der Waals surface area contributed by atoms with Crippen molar-refractivity contribution in [2.24, 2.45) is 5.41 Å². The van der Waals surface area contributed by atoms with E-state index in [-0.39, 0.29) is 0 Å². The Labute approximate surface area is 105 Å². The van der Waals surface area contributed by atoms with Crippen LogP contribution in [-0.4, -0.2) is 31.6 Å². The van der Waals surface area contributed by atoms with E-state index in [0.29, 0.717) is 5.41 Å². The first-order valence-corrected chi connectivity index (χ1v) is 6.69. The monoisotopic (exact) mass is 232 g/mol. The number of hydrogen-bond donors (Lipinski definition) is 1. The molecule has 0 heterocycles. The second-order valence-corrected chi connectivity index (χ2v) is 5.32. The molecular formula is C15H24N2. The Morgan fingerprint density at radius 2 is 1.94 bits per heavy atom. The van der Waals surface area contributed by atoms with E-state index in [1.807, 2.05) is 0 Å². The lowest BCUT2D eigenvalue weighted by Crippen LogP contribution is -2.34. The molecule has 2 nitrogen and oxygen atoms in total. The van der Waals surface area contributed by atoms with E-state index in [1.54, 1.807) is 0 Å². The van der Waals surface area contributed by atoms with Gasteiger partial charge in [-0.05, 0) is 37.4 Å². The second kappa shape index (κ2) is 5.65. The molecule has 2 heteroatoms. The Kier molecular flexibility index (Phi) is 4.19. The van der Waals surface area contributed by atoms with Gasteiger partial charge in [-0.15, -0.1) is 0 Å². The number of rotatable bonds is 7. The van der Waals surface area contributed by atoms with Crippen molar-refractivity contribution < 1.29 is 0 Å². The highest BCUT2D eigenvalue weighted by atomic mass is 15.1. The van der Waals surface area contributed by atoms with Crippen LogP contribution >= 0.6 is 0 Å². The molecule has 1 aliphatic carbocycles. The largest absolute Gasteiger partial charge is 0.319 e. The van der Waals surface area contributed by atoms with Gasteiger partial charge in [-0.1, -0.05) is 37.3 Å². The summed E-state index contributed by atoms with van der Waals surface area (Å²) in [4.78, 5) is 2.57. The number of nitrogens with zero attached hydrogens (tertiary/aromatic N) is 1. The van der Waals surface area contributed by atoms with E-state index in [2.05, 4.69) is 54.5 Å². The summed E-state index contributed by atoms with van der Waals surface area (Å²) in [7, 11) is 2.06. The fourth-order valence-corrected chi connectivity index (χ4v) is 2.54. The number of nitrogens with one attached hydrogen (secondary N) is 1. The van der Waals surface area contributed by atoms with Crippen molar-refractivity contribution in [1.29, 1.82) is 0 Å². The molecule has 2 rings (SSSR count). The van der Waals surface area contributed by atoms with Gasteiger partial charge >= 0.3 is 0 Å². The van der Waals surface area contributed by atoms with Crippen LogP contribution in [0.15, 0.2) is 30.3 Å². The fraction of sp³-hybridized carbons (Fsp3) is 0.600. The van der Waals surface area contributed by atoms with Gasteiger partial charge in [-0.25, -0.2) is 0 Å². The molecule has 94 valence electrons. The molecule has 1 aromatic carbocycles. The molecule has 0 amide bonds. The SMILES string of the molecule is CCN(Cc1ccccc1)CC1(CNC)CC1. The summed E-state index contributed by atoms with van der Waals surface area (Å²) in [5.41, 5.74) is 1.99. The molecule has 0 aliphatic heterocycles. The minimum atomic E-state index is 0.569. The minimum absolute atomic E-state index is 0.569. The highest BCUT2D eigenvalue weighted by molar-refractivity contribution is 5.14. The van der Waals surface area contributed by atoms with Crippen LogP contribution in [0.5, 0.6) is 0 Å². The summed E-state index contributed by atoms with van der Waals surface area (Å²) in [5.74, 6) is 0. The zero-order valence-electron chi connectivity index (χ0n) is 11.1. The average Bonchev–Trinajstić information content (AvgIpc) is 3.10. The molecule has 0 bridgehead atoms. The summed E-state index contributed by atoms with van der Waals surface area (Å²) in [6.45, 7) is 6.89.